The van der Waals surface area contributed by atoms with Crippen molar-refractivity contribution in [3.8, 4) is 0 Å². The van der Waals surface area contributed by atoms with Gasteiger partial charge in [-0.05, 0) is 30.5 Å². The van der Waals surface area contributed by atoms with Crippen LogP contribution in [0, 0.1) is 0 Å². The van der Waals surface area contributed by atoms with E-state index in [4.69, 9.17) is 0 Å². The number of benzene rings is 1. The zero-order chi connectivity index (χ0) is 12.3. The molecule has 1 atom stereocenters. The van der Waals surface area contributed by atoms with E-state index in [1.165, 1.54) is 5.56 Å². The third-order valence-electron chi connectivity index (χ3n) is 2.91. The van der Waals surface area contributed by atoms with Gasteiger partial charge in [-0.1, -0.05) is 19.1 Å². The summed E-state index contributed by atoms with van der Waals surface area (Å²) in [6, 6.07) is 7.37. The van der Waals surface area contributed by atoms with Crippen molar-refractivity contribution in [3.05, 3.63) is 29.8 Å². The predicted octanol–water partition coefficient (Wildman–Crippen LogP) is 1.47. The van der Waals surface area contributed by atoms with Gasteiger partial charge in [0.1, 0.15) is 6.04 Å². The lowest BCUT2D eigenvalue weighted by molar-refractivity contribution is -0.122. The van der Waals surface area contributed by atoms with Gasteiger partial charge in [-0.3, -0.25) is 9.59 Å². The van der Waals surface area contributed by atoms with E-state index in [1.807, 2.05) is 24.3 Å². The molecule has 1 aromatic carbocycles. The summed E-state index contributed by atoms with van der Waals surface area (Å²) in [4.78, 5) is 22.9. The molecule has 0 bridgehead atoms. The number of nitrogens with one attached hydrogen (secondary N) is 2. The third-order valence-corrected chi connectivity index (χ3v) is 2.91. The minimum atomic E-state index is -0.382. The Labute approximate surface area is 100 Å². The predicted molar refractivity (Wildman–Crippen MR) is 65.6 cm³/mol. The van der Waals surface area contributed by atoms with Gasteiger partial charge in [0.25, 0.3) is 0 Å². The Bertz CT molecular complexity index is 443. The quantitative estimate of drug-likeness (QED) is 0.829. The highest BCUT2D eigenvalue weighted by Crippen LogP contribution is 2.13. The fraction of sp³-hybridized carbons (Fsp3) is 0.385. The summed E-state index contributed by atoms with van der Waals surface area (Å²) in [6.45, 7) is 2.07. The van der Waals surface area contributed by atoms with Gasteiger partial charge < -0.3 is 10.6 Å². The van der Waals surface area contributed by atoms with Crippen molar-refractivity contribution in [2.24, 2.45) is 0 Å². The van der Waals surface area contributed by atoms with Crippen LogP contribution in [0.25, 0.3) is 0 Å². The molecular weight excluding hydrogens is 216 g/mol. The van der Waals surface area contributed by atoms with Crippen molar-refractivity contribution in [2.75, 3.05) is 5.32 Å². The van der Waals surface area contributed by atoms with Crippen molar-refractivity contribution in [2.45, 2.75) is 32.2 Å². The Hall–Kier alpha value is -1.84. The molecule has 0 aliphatic carbocycles. The van der Waals surface area contributed by atoms with Crippen LogP contribution in [0.3, 0.4) is 0 Å². The summed E-state index contributed by atoms with van der Waals surface area (Å²) in [5, 5.41) is 5.48. The van der Waals surface area contributed by atoms with Gasteiger partial charge in [0, 0.05) is 12.1 Å². The van der Waals surface area contributed by atoms with Gasteiger partial charge in [0.05, 0.1) is 0 Å². The zero-order valence-electron chi connectivity index (χ0n) is 9.82. The highest BCUT2D eigenvalue weighted by atomic mass is 16.2. The van der Waals surface area contributed by atoms with Gasteiger partial charge >= 0.3 is 0 Å². The molecule has 2 amide bonds. The molecule has 2 rings (SSSR count). The summed E-state index contributed by atoms with van der Waals surface area (Å²) in [6.07, 6.45) is 1.95. The fourth-order valence-corrected chi connectivity index (χ4v) is 1.91. The second-order valence-electron chi connectivity index (χ2n) is 4.20. The van der Waals surface area contributed by atoms with Crippen molar-refractivity contribution in [1.29, 1.82) is 0 Å². The summed E-state index contributed by atoms with van der Waals surface area (Å²) in [5.41, 5.74) is 1.97. The number of anilines is 1. The van der Waals surface area contributed by atoms with Crippen molar-refractivity contribution < 1.29 is 9.59 Å². The van der Waals surface area contributed by atoms with Gasteiger partial charge in [-0.25, -0.2) is 0 Å². The van der Waals surface area contributed by atoms with Gasteiger partial charge in [-0.2, -0.15) is 0 Å². The van der Waals surface area contributed by atoms with Crippen LogP contribution in [-0.4, -0.2) is 17.9 Å². The molecule has 0 spiro atoms. The van der Waals surface area contributed by atoms with Crippen LogP contribution in [0.4, 0.5) is 5.69 Å². The monoisotopic (exact) mass is 232 g/mol. The first-order valence-electron chi connectivity index (χ1n) is 5.88. The van der Waals surface area contributed by atoms with Crippen molar-refractivity contribution in [1.82, 2.24) is 5.32 Å². The van der Waals surface area contributed by atoms with E-state index < -0.39 is 0 Å². The Kier molecular flexibility index (Phi) is 3.42. The molecule has 1 aliphatic rings. The van der Waals surface area contributed by atoms with Crippen LogP contribution in [0.15, 0.2) is 24.3 Å². The number of hydrogen-bond acceptors (Lipinski definition) is 2. The van der Waals surface area contributed by atoms with E-state index in [0.717, 1.165) is 12.1 Å². The molecule has 90 valence electrons. The minimum absolute atomic E-state index is 0.0486. The lowest BCUT2D eigenvalue weighted by Crippen LogP contribution is -2.37. The van der Waals surface area contributed by atoms with Crippen LogP contribution in [-0.2, 0) is 16.0 Å². The van der Waals surface area contributed by atoms with E-state index in [0.29, 0.717) is 12.8 Å². The van der Waals surface area contributed by atoms with Crippen LogP contribution in [0.1, 0.15) is 25.3 Å². The summed E-state index contributed by atoms with van der Waals surface area (Å²) in [5.74, 6) is -0.184. The lowest BCUT2D eigenvalue weighted by Gasteiger charge is -2.11. The molecule has 0 saturated carbocycles. The molecule has 1 saturated heterocycles. The van der Waals surface area contributed by atoms with Crippen LogP contribution >= 0.6 is 0 Å². The number of amides is 2. The Morgan fingerprint density at radius 2 is 2.35 bits per heavy atom. The lowest BCUT2D eigenvalue weighted by atomic mass is 10.1. The maximum atomic E-state index is 11.8. The number of carbonyl (C=O) groups excluding carboxylic acids is 2. The standard InChI is InChI=1S/C13H16N2O2/c1-2-9-4-3-5-10(8-9)14-13(17)11-6-7-12(16)15-11/h3-5,8,11H,2,6-7H2,1H3,(H,14,17)(H,15,16). The first-order valence-corrected chi connectivity index (χ1v) is 5.88. The Balaban J connectivity index is 2.00. The highest BCUT2D eigenvalue weighted by Gasteiger charge is 2.26. The first-order chi connectivity index (χ1) is 8.19. The molecule has 1 aliphatic heterocycles. The summed E-state index contributed by atoms with van der Waals surface area (Å²) >= 11 is 0. The highest BCUT2D eigenvalue weighted by molar-refractivity contribution is 5.98. The van der Waals surface area contributed by atoms with Gasteiger partial charge in [0.15, 0.2) is 0 Å². The average Bonchev–Trinajstić information content (AvgIpc) is 2.76. The molecule has 2 N–H and O–H groups in total. The summed E-state index contributed by atoms with van der Waals surface area (Å²) in [7, 11) is 0. The smallest absolute Gasteiger partial charge is 0.246 e. The van der Waals surface area contributed by atoms with Crippen LogP contribution in [0.5, 0.6) is 0 Å². The van der Waals surface area contributed by atoms with E-state index >= 15 is 0 Å². The molecule has 0 radical (unpaired) electrons. The third kappa shape index (κ3) is 2.84. The topological polar surface area (TPSA) is 58.2 Å². The Morgan fingerprint density at radius 1 is 1.53 bits per heavy atom. The molecule has 1 heterocycles. The maximum absolute atomic E-state index is 11.8. The number of aryl methyl sites for hydroxylation is 1. The molecule has 1 unspecified atom stereocenters. The summed E-state index contributed by atoms with van der Waals surface area (Å²) < 4.78 is 0. The number of rotatable bonds is 3. The molecule has 4 heteroatoms. The van der Waals surface area contributed by atoms with Gasteiger partial charge in [0.2, 0.25) is 11.8 Å². The first kappa shape index (κ1) is 11.6. The zero-order valence-corrected chi connectivity index (χ0v) is 9.82. The fourth-order valence-electron chi connectivity index (χ4n) is 1.91. The second kappa shape index (κ2) is 4.99. The minimum Gasteiger partial charge on any atom is -0.344 e. The van der Waals surface area contributed by atoms with Crippen LogP contribution < -0.4 is 10.6 Å². The van der Waals surface area contributed by atoms with E-state index in [-0.39, 0.29) is 17.9 Å². The van der Waals surface area contributed by atoms with E-state index in [2.05, 4.69) is 17.6 Å². The van der Waals surface area contributed by atoms with Crippen molar-refractivity contribution >= 4 is 17.5 Å². The molecule has 1 fully saturated rings. The van der Waals surface area contributed by atoms with E-state index in [1.54, 1.807) is 0 Å². The largest absolute Gasteiger partial charge is 0.344 e. The number of hydrogen-bond donors (Lipinski definition) is 2. The molecule has 1 aromatic rings. The molecule has 0 aromatic heterocycles. The van der Waals surface area contributed by atoms with Crippen LogP contribution in [0.2, 0.25) is 0 Å². The average molecular weight is 232 g/mol. The SMILES string of the molecule is CCc1cccc(NC(=O)C2CCC(=O)N2)c1. The molecule has 4 nitrogen and oxygen atoms in total. The molecular formula is C13H16N2O2. The number of carbonyl (C=O) groups is 2. The van der Waals surface area contributed by atoms with Crippen molar-refractivity contribution in [3.63, 3.8) is 0 Å². The van der Waals surface area contributed by atoms with E-state index in [9.17, 15) is 9.59 Å². The Morgan fingerprint density at radius 3 is 3.00 bits per heavy atom. The molecule has 17 heavy (non-hydrogen) atoms. The van der Waals surface area contributed by atoms with Gasteiger partial charge in [-0.15, -0.1) is 0 Å². The normalized spacial score (nSPS) is 18.9. The second-order valence-corrected chi connectivity index (χ2v) is 4.20. The maximum Gasteiger partial charge on any atom is 0.246 e.